The Hall–Kier alpha value is -2.69. The lowest BCUT2D eigenvalue weighted by molar-refractivity contribution is 0.677. The molecule has 1 aliphatic heterocycles. The number of nitrogens with zero attached hydrogens (tertiary/aromatic N) is 4. The lowest BCUT2D eigenvalue weighted by Crippen LogP contribution is -2.31. The van der Waals surface area contributed by atoms with Gasteiger partial charge in [-0.15, -0.1) is 0 Å². The van der Waals surface area contributed by atoms with Gasteiger partial charge in [0.15, 0.2) is 5.82 Å². The number of nitrogens with one attached hydrogen (secondary N) is 1. The van der Waals surface area contributed by atoms with Gasteiger partial charge < -0.3 is 10.2 Å². The molecule has 1 aliphatic rings. The van der Waals surface area contributed by atoms with E-state index in [1.54, 1.807) is 0 Å². The van der Waals surface area contributed by atoms with E-state index in [0.29, 0.717) is 6.54 Å². The van der Waals surface area contributed by atoms with E-state index in [9.17, 15) is 0 Å². The van der Waals surface area contributed by atoms with Gasteiger partial charge in [-0.2, -0.15) is 0 Å². The fourth-order valence-corrected chi connectivity index (χ4v) is 2.63. The van der Waals surface area contributed by atoms with Gasteiger partial charge in [-0.05, 0) is 50.1 Å². The minimum atomic E-state index is 0.692. The zero-order chi connectivity index (χ0) is 16.9. The second-order valence-electron chi connectivity index (χ2n) is 5.97. The Morgan fingerprint density at radius 2 is 2.00 bits per heavy atom. The van der Waals surface area contributed by atoms with Gasteiger partial charge in [-0.3, -0.25) is 4.99 Å². The summed E-state index contributed by atoms with van der Waals surface area (Å²) in [6.07, 6.45) is 1.83. The highest BCUT2D eigenvalue weighted by atomic mass is 15.3. The van der Waals surface area contributed by atoms with Crippen LogP contribution in [0.5, 0.6) is 0 Å². The molecule has 0 unspecified atom stereocenters. The average molecular weight is 321 g/mol. The highest BCUT2D eigenvalue weighted by Crippen LogP contribution is 2.18. The van der Waals surface area contributed by atoms with Crippen molar-refractivity contribution in [1.82, 2.24) is 9.88 Å². The number of pyridine rings is 1. The van der Waals surface area contributed by atoms with Gasteiger partial charge in [0.05, 0.1) is 19.4 Å². The standard InChI is InChI=1S/C19H23N5/c1-14-6-4-8-17(16(14)3)21-12-19-20-10-11-24(19)13-22-18-9-5-7-15(2)23-18/h4-9,13,21H,10-12H2,1-3H3. The molecule has 0 saturated carbocycles. The number of aliphatic imine (C=N–C) groups is 2. The monoisotopic (exact) mass is 321 g/mol. The Labute approximate surface area is 143 Å². The van der Waals surface area contributed by atoms with Crippen molar-refractivity contribution >= 4 is 23.7 Å². The molecule has 0 fully saturated rings. The second-order valence-corrected chi connectivity index (χ2v) is 5.97. The fourth-order valence-electron chi connectivity index (χ4n) is 2.63. The maximum atomic E-state index is 4.58. The van der Waals surface area contributed by atoms with Crippen molar-refractivity contribution in [2.75, 3.05) is 25.0 Å². The van der Waals surface area contributed by atoms with E-state index >= 15 is 0 Å². The molecule has 3 rings (SSSR count). The predicted molar refractivity (Wildman–Crippen MR) is 101 cm³/mol. The molecule has 0 aliphatic carbocycles. The Kier molecular flexibility index (Phi) is 4.89. The highest BCUT2D eigenvalue weighted by molar-refractivity contribution is 5.96. The Morgan fingerprint density at radius 3 is 2.83 bits per heavy atom. The zero-order valence-corrected chi connectivity index (χ0v) is 14.5. The molecule has 24 heavy (non-hydrogen) atoms. The molecule has 0 saturated heterocycles. The molecule has 124 valence electrons. The molecular weight excluding hydrogens is 298 g/mol. The van der Waals surface area contributed by atoms with E-state index in [1.807, 2.05) is 31.5 Å². The summed E-state index contributed by atoms with van der Waals surface area (Å²) >= 11 is 0. The van der Waals surface area contributed by atoms with E-state index < -0.39 is 0 Å². The van der Waals surface area contributed by atoms with Crippen LogP contribution >= 0.6 is 0 Å². The topological polar surface area (TPSA) is 52.9 Å². The summed E-state index contributed by atoms with van der Waals surface area (Å²) < 4.78 is 0. The molecule has 0 radical (unpaired) electrons. The third-order valence-electron chi connectivity index (χ3n) is 4.21. The third-order valence-corrected chi connectivity index (χ3v) is 4.21. The molecule has 1 aromatic heterocycles. The molecule has 5 heteroatoms. The first kappa shape index (κ1) is 16.2. The molecular formula is C19H23N5. The van der Waals surface area contributed by atoms with Crippen molar-refractivity contribution in [2.45, 2.75) is 20.8 Å². The average Bonchev–Trinajstić information content (AvgIpc) is 3.02. The summed E-state index contributed by atoms with van der Waals surface area (Å²) in [6.45, 7) is 8.59. The molecule has 0 atom stereocenters. The number of benzene rings is 1. The lowest BCUT2D eigenvalue weighted by Gasteiger charge is -2.17. The Balaban J connectivity index is 1.64. The minimum Gasteiger partial charge on any atom is -0.378 e. The largest absolute Gasteiger partial charge is 0.378 e. The van der Waals surface area contributed by atoms with E-state index in [1.165, 1.54) is 11.1 Å². The van der Waals surface area contributed by atoms with Crippen LogP contribution in [0, 0.1) is 20.8 Å². The molecule has 1 N–H and O–H groups in total. The molecule has 0 spiro atoms. The van der Waals surface area contributed by atoms with Crippen LogP contribution in [0.1, 0.15) is 16.8 Å². The van der Waals surface area contributed by atoms with Gasteiger partial charge in [0.2, 0.25) is 0 Å². The third kappa shape index (κ3) is 3.79. The molecule has 0 bridgehead atoms. The molecule has 2 aromatic rings. The zero-order valence-electron chi connectivity index (χ0n) is 14.5. The summed E-state index contributed by atoms with van der Waals surface area (Å²) in [5, 5.41) is 3.48. The number of hydrogen-bond donors (Lipinski definition) is 1. The molecule has 5 nitrogen and oxygen atoms in total. The van der Waals surface area contributed by atoms with Crippen LogP contribution in [0.4, 0.5) is 11.5 Å². The van der Waals surface area contributed by atoms with Gasteiger partial charge in [-0.25, -0.2) is 9.98 Å². The first-order valence-corrected chi connectivity index (χ1v) is 8.21. The fraction of sp³-hybridized carbons (Fsp3) is 0.316. The van der Waals surface area contributed by atoms with Gasteiger partial charge in [0, 0.05) is 17.9 Å². The van der Waals surface area contributed by atoms with Crippen molar-refractivity contribution in [3.8, 4) is 0 Å². The molecule has 0 amide bonds. The van der Waals surface area contributed by atoms with Crippen molar-refractivity contribution in [3.63, 3.8) is 0 Å². The summed E-state index contributed by atoms with van der Waals surface area (Å²) in [5.41, 5.74) is 4.69. The lowest BCUT2D eigenvalue weighted by atomic mass is 10.1. The number of anilines is 1. The van der Waals surface area contributed by atoms with Crippen molar-refractivity contribution in [3.05, 3.63) is 53.2 Å². The van der Waals surface area contributed by atoms with Crippen molar-refractivity contribution in [2.24, 2.45) is 9.98 Å². The van der Waals surface area contributed by atoms with Crippen molar-refractivity contribution < 1.29 is 0 Å². The number of aryl methyl sites for hydroxylation is 2. The van der Waals surface area contributed by atoms with Crippen LogP contribution in [-0.2, 0) is 0 Å². The van der Waals surface area contributed by atoms with E-state index in [2.05, 4.69) is 57.2 Å². The maximum Gasteiger partial charge on any atom is 0.153 e. The van der Waals surface area contributed by atoms with Crippen LogP contribution in [0.3, 0.4) is 0 Å². The quantitative estimate of drug-likeness (QED) is 0.677. The van der Waals surface area contributed by atoms with Crippen LogP contribution in [0.25, 0.3) is 0 Å². The van der Waals surface area contributed by atoms with Gasteiger partial charge in [0.1, 0.15) is 5.84 Å². The SMILES string of the molecule is Cc1cccc(N=CN2CCN=C2CNc2cccc(C)c2C)n1. The smallest absolute Gasteiger partial charge is 0.153 e. The highest BCUT2D eigenvalue weighted by Gasteiger charge is 2.15. The van der Waals surface area contributed by atoms with Gasteiger partial charge in [-0.1, -0.05) is 18.2 Å². The Bertz CT molecular complexity index is 779. The van der Waals surface area contributed by atoms with Gasteiger partial charge >= 0.3 is 0 Å². The molecule has 1 aromatic carbocycles. The number of hydrogen-bond acceptors (Lipinski definition) is 4. The van der Waals surface area contributed by atoms with E-state index in [-0.39, 0.29) is 0 Å². The first-order chi connectivity index (χ1) is 11.6. The number of amidine groups is 1. The molecule has 2 heterocycles. The first-order valence-electron chi connectivity index (χ1n) is 8.21. The Morgan fingerprint density at radius 1 is 1.17 bits per heavy atom. The summed E-state index contributed by atoms with van der Waals surface area (Å²) in [7, 11) is 0. The van der Waals surface area contributed by atoms with E-state index in [4.69, 9.17) is 0 Å². The second kappa shape index (κ2) is 7.25. The summed E-state index contributed by atoms with van der Waals surface area (Å²) in [4.78, 5) is 15.5. The normalized spacial score (nSPS) is 14.3. The summed E-state index contributed by atoms with van der Waals surface area (Å²) in [5.74, 6) is 1.73. The van der Waals surface area contributed by atoms with Crippen molar-refractivity contribution in [1.29, 1.82) is 0 Å². The van der Waals surface area contributed by atoms with Crippen LogP contribution < -0.4 is 5.32 Å². The number of aromatic nitrogens is 1. The number of rotatable bonds is 5. The minimum absolute atomic E-state index is 0.692. The van der Waals surface area contributed by atoms with Crippen LogP contribution in [0.15, 0.2) is 46.4 Å². The van der Waals surface area contributed by atoms with Crippen LogP contribution in [-0.4, -0.2) is 41.7 Å². The van der Waals surface area contributed by atoms with E-state index in [0.717, 1.165) is 36.1 Å². The van der Waals surface area contributed by atoms with Gasteiger partial charge in [0.25, 0.3) is 0 Å². The van der Waals surface area contributed by atoms with Crippen LogP contribution in [0.2, 0.25) is 0 Å². The summed E-state index contributed by atoms with van der Waals surface area (Å²) in [6, 6.07) is 12.1. The predicted octanol–water partition coefficient (Wildman–Crippen LogP) is 3.49. The maximum absolute atomic E-state index is 4.58.